The molecule has 4 nitrogen and oxygen atoms in total. The number of hydrogen-bond acceptors (Lipinski definition) is 2. The minimum Gasteiger partial charge on any atom is -0.360 e. The van der Waals surface area contributed by atoms with E-state index < -0.39 is 5.91 Å². The summed E-state index contributed by atoms with van der Waals surface area (Å²) < 4.78 is 0. The molecule has 5 heteroatoms. The van der Waals surface area contributed by atoms with Crippen LogP contribution < -0.4 is 10.7 Å². The molecule has 0 fully saturated rings. The molecular weight excluding hydrogens is 300 g/mol. The number of hydrogen-bond donors (Lipinski definition) is 2. The van der Waals surface area contributed by atoms with Gasteiger partial charge in [0.25, 0.3) is 5.91 Å². The van der Waals surface area contributed by atoms with E-state index in [2.05, 4.69) is 10.3 Å². The van der Waals surface area contributed by atoms with E-state index >= 15 is 0 Å². The second kappa shape index (κ2) is 6.03. The Morgan fingerprint density at radius 3 is 2.59 bits per heavy atom. The van der Waals surface area contributed by atoms with Gasteiger partial charge in [-0.05, 0) is 29.8 Å². The van der Waals surface area contributed by atoms with Crippen LogP contribution >= 0.6 is 11.6 Å². The maximum atomic E-state index is 12.3. The van der Waals surface area contributed by atoms with Gasteiger partial charge in [0, 0.05) is 28.7 Å². The average Bonchev–Trinajstić information content (AvgIpc) is 2.55. The Hall–Kier alpha value is -2.59. The summed E-state index contributed by atoms with van der Waals surface area (Å²) >= 11 is 5.81. The third kappa shape index (κ3) is 2.87. The van der Waals surface area contributed by atoms with Crippen molar-refractivity contribution in [1.82, 2.24) is 10.3 Å². The molecule has 22 heavy (non-hydrogen) atoms. The average molecular weight is 313 g/mol. The fourth-order valence-corrected chi connectivity index (χ4v) is 2.34. The van der Waals surface area contributed by atoms with Gasteiger partial charge in [-0.15, -0.1) is 0 Å². The molecule has 2 N–H and O–H groups in total. The first-order valence-electron chi connectivity index (χ1n) is 6.78. The summed E-state index contributed by atoms with van der Waals surface area (Å²) in [7, 11) is 0. The Morgan fingerprint density at radius 1 is 1.09 bits per heavy atom. The number of aromatic amines is 1. The quantitative estimate of drug-likeness (QED) is 0.780. The number of fused-ring (bicyclic) bond motifs is 1. The molecule has 1 amide bonds. The van der Waals surface area contributed by atoms with E-state index in [4.69, 9.17) is 11.6 Å². The van der Waals surface area contributed by atoms with E-state index in [1.165, 1.54) is 6.20 Å². The highest BCUT2D eigenvalue weighted by atomic mass is 35.5. The van der Waals surface area contributed by atoms with Crippen molar-refractivity contribution in [3.63, 3.8) is 0 Å². The van der Waals surface area contributed by atoms with E-state index in [9.17, 15) is 9.59 Å². The third-order valence-electron chi connectivity index (χ3n) is 3.40. The van der Waals surface area contributed by atoms with E-state index in [0.717, 1.165) is 5.56 Å². The summed E-state index contributed by atoms with van der Waals surface area (Å²) in [4.78, 5) is 27.5. The van der Waals surface area contributed by atoms with Gasteiger partial charge >= 0.3 is 0 Å². The number of rotatable bonds is 3. The lowest BCUT2D eigenvalue weighted by Gasteiger charge is -2.06. The molecule has 3 aromatic rings. The molecule has 2 aromatic carbocycles. The molecule has 1 heterocycles. The molecule has 110 valence electrons. The largest absolute Gasteiger partial charge is 0.360 e. The normalized spacial score (nSPS) is 10.6. The number of pyridine rings is 1. The van der Waals surface area contributed by atoms with Crippen LogP contribution in [-0.4, -0.2) is 10.9 Å². The number of H-pyrrole nitrogens is 1. The summed E-state index contributed by atoms with van der Waals surface area (Å²) in [5.74, 6) is -0.401. The van der Waals surface area contributed by atoms with Crippen molar-refractivity contribution < 1.29 is 4.79 Å². The molecule has 0 aliphatic carbocycles. The molecular formula is C17H13ClN2O2. The molecule has 0 radical (unpaired) electrons. The van der Waals surface area contributed by atoms with Crippen LogP contribution in [0.1, 0.15) is 15.9 Å². The molecule has 1 aromatic heterocycles. The van der Waals surface area contributed by atoms with Gasteiger partial charge in [0.05, 0.1) is 0 Å². The third-order valence-corrected chi connectivity index (χ3v) is 3.65. The van der Waals surface area contributed by atoms with Gasteiger partial charge in [0.2, 0.25) is 5.43 Å². The lowest BCUT2D eigenvalue weighted by Crippen LogP contribution is -2.28. The van der Waals surface area contributed by atoms with Crippen LogP contribution in [0.15, 0.2) is 59.5 Å². The minimum atomic E-state index is -0.401. The van der Waals surface area contributed by atoms with Crippen LogP contribution in [0.3, 0.4) is 0 Å². The van der Waals surface area contributed by atoms with Gasteiger partial charge in [-0.3, -0.25) is 9.59 Å². The van der Waals surface area contributed by atoms with Crippen LogP contribution in [0.4, 0.5) is 0 Å². The Bertz CT molecular complexity index is 885. The predicted molar refractivity (Wildman–Crippen MR) is 87.2 cm³/mol. The topological polar surface area (TPSA) is 62.0 Å². The molecule has 0 unspecified atom stereocenters. The Balaban J connectivity index is 1.82. The molecule has 0 bridgehead atoms. The van der Waals surface area contributed by atoms with Gasteiger partial charge in [-0.25, -0.2) is 0 Å². The van der Waals surface area contributed by atoms with Crippen LogP contribution in [-0.2, 0) is 6.54 Å². The monoisotopic (exact) mass is 312 g/mol. The van der Waals surface area contributed by atoms with Crippen LogP contribution in [0.2, 0.25) is 5.02 Å². The van der Waals surface area contributed by atoms with Crippen molar-refractivity contribution in [3.05, 3.63) is 81.1 Å². The van der Waals surface area contributed by atoms with Crippen LogP contribution in [0, 0.1) is 0 Å². The van der Waals surface area contributed by atoms with Crippen LogP contribution in [0.5, 0.6) is 0 Å². The Kier molecular flexibility index (Phi) is 3.94. The summed E-state index contributed by atoms with van der Waals surface area (Å²) in [6.07, 6.45) is 1.45. The number of amides is 1. The molecule has 0 spiro atoms. The SMILES string of the molecule is O=C(NCc1ccc(Cl)cc1)c1c[nH]c2ccccc2c1=O. The molecule has 0 aliphatic rings. The van der Waals surface area contributed by atoms with E-state index in [-0.39, 0.29) is 11.0 Å². The minimum absolute atomic E-state index is 0.104. The second-order valence-corrected chi connectivity index (χ2v) is 5.32. The first-order chi connectivity index (χ1) is 10.6. The van der Waals surface area contributed by atoms with Gasteiger partial charge < -0.3 is 10.3 Å². The zero-order chi connectivity index (χ0) is 15.5. The molecule has 0 saturated carbocycles. The summed E-state index contributed by atoms with van der Waals surface area (Å²) in [6, 6.07) is 14.3. The van der Waals surface area contributed by atoms with Crippen molar-refractivity contribution in [2.45, 2.75) is 6.54 Å². The van der Waals surface area contributed by atoms with Gasteiger partial charge in [-0.2, -0.15) is 0 Å². The number of para-hydroxylation sites is 1. The Morgan fingerprint density at radius 2 is 1.82 bits per heavy atom. The van der Waals surface area contributed by atoms with E-state index in [0.29, 0.717) is 22.5 Å². The first-order valence-corrected chi connectivity index (χ1v) is 7.16. The number of halogens is 1. The number of benzene rings is 2. The van der Waals surface area contributed by atoms with Crippen molar-refractivity contribution >= 4 is 28.4 Å². The number of aromatic nitrogens is 1. The van der Waals surface area contributed by atoms with Gasteiger partial charge in [-0.1, -0.05) is 35.9 Å². The fraction of sp³-hybridized carbons (Fsp3) is 0.0588. The van der Waals surface area contributed by atoms with E-state index in [1.54, 1.807) is 30.3 Å². The second-order valence-electron chi connectivity index (χ2n) is 4.89. The highest BCUT2D eigenvalue weighted by Gasteiger charge is 2.12. The molecule has 0 atom stereocenters. The standard InChI is InChI=1S/C17H13ClN2O2/c18-12-7-5-11(6-8-12)9-20-17(22)14-10-19-15-4-2-1-3-13(15)16(14)21/h1-8,10H,9H2,(H,19,21)(H,20,22). The highest BCUT2D eigenvalue weighted by molar-refractivity contribution is 6.30. The molecule has 0 aliphatic heterocycles. The van der Waals surface area contributed by atoms with Gasteiger partial charge in [0.1, 0.15) is 5.56 Å². The summed E-state index contributed by atoms with van der Waals surface area (Å²) in [5.41, 5.74) is 1.45. The smallest absolute Gasteiger partial charge is 0.257 e. The van der Waals surface area contributed by atoms with Crippen LogP contribution in [0.25, 0.3) is 10.9 Å². The maximum Gasteiger partial charge on any atom is 0.257 e. The number of carbonyl (C=O) groups is 1. The summed E-state index contributed by atoms with van der Waals surface area (Å²) in [5, 5.41) is 3.88. The van der Waals surface area contributed by atoms with Crippen molar-refractivity contribution in [2.24, 2.45) is 0 Å². The van der Waals surface area contributed by atoms with Crippen molar-refractivity contribution in [3.8, 4) is 0 Å². The molecule has 0 saturated heterocycles. The number of carbonyl (C=O) groups excluding carboxylic acids is 1. The Labute approximate surface area is 131 Å². The zero-order valence-corrected chi connectivity index (χ0v) is 12.4. The molecule has 3 rings (SSSR count). The maximum absolute atomic E-state index is 12.3. The zero-order valence-electron chi connectivity index (χ0n) is 11.6. The predicted octanol–water partition coefficient (Wildman–Crippen LogP) is 3.11. The van der Waals surface area contributed by atoms with Crippen molar-refractivity contribution in [1.29, 1.82) is 0 Å². The van der Waals surface area contributed by atoms with Gasteiger partial charge in [0.15, 0.2) is 0 Å². The fourth-order valence-electron chi connectivity index (χ4n) is 2.22. The lowest BCUT2D eigenvalue weighted by atomic mass is 10.1. The highest BCUT2D eigenvalue weighted by Crippen LogP contribution is 2.10. The lowest BCUT2D eigenvalue weighted by molar-refractivity contribution is 0.0949. The van der Waals surface area contributed by atoms with E-state index in [1.807, 2.05) is 18.2 Å². The van der Waals surface area contributed by atoms with Crippen molar-refractivity contribution in [2.75, 3.05) is 0 Å². The summed E-state index contributed by atoms with van der Waals surface area (Å²) in [6.45, 7) is 0.336. The first kappa shape index (κ1) is 14.4. The number of nitrogens with one attached hydrogen (secondary N) is 2.